The molecule has 1 atom stereocenters. The fourth-order valence-electron chi connectivity index (χ4n) is 3.72. The lowest BCUT2D eigenvalue weighted by Gasteiger charge is -2.33. The molecule has 0 bridgehead atoms. The van der Waals surface area contributed by atoms with Crippen LogP contribution < -0.4 is 0 Å². The predicted octanol–water partition coefficient (Wildman–Crippen LogP) is 4.44. The number of hydrogen-bond donors (Lipinski definition) is 1. The molecule has 1 aliphatic heterocycles. The summed E-state index contributed by atoms with van der Waals surface area (Å²) in [5, 5.41) is 0. The van der Waals surface area contributed by atoms with Crippen LogP contribution in [0.5, 0.6) is 0 Å². The molecule has 4 rings (SSSR count). The molecule has 3 heterocycles. The Morgan fingerprint density at radius 3 is 2.85 bits per heavy atom. The van der Waals surface area contributed by atoms with Crippen molar-refractivity contribution < 1.29 is 9.53 Å². The van der Waals surface area contributed by atoms with E-state index in [0.717, 1.165) is 53.1 Å². The Balaban J connectivity index is 1.55. The number of rotatable bonds is 3. The summed E-state index contributed by atoms with van der Waals surface area (Å²) in [6, 6.07) is 11.7. The molecule has 0 radical (unpaired) electrons. The number of carbonyl (C=O) groups is 1. The van der Waals surface area contributed by atoms with E-state index in [2.05, 4.69) is 9.97 Å². The Labute approximate surface area is 158 Å². The molecular weight excluding hydrogens is 340 g/mol. The third kappa shape index (κ3) is 3.65. The molecule has 3 aromatic rings. The summed E-state index contributed by atoms with van der Waals surface area (Å²) in [5.41, 5.74) is 4.69. The number of pyridine rings is 1. The molecule has 0 aliphatic carbocycles. The number of hydrogen-bond acceptors (Lipinski definition) is 4. The Kier molecular flexibility index (Phi) is 4.79. The van der Waals surface area contributed by atoms with Crippen LogP contribution in [0, 0.1) is 13.8 Å². The topological polar surface area (TPSA) is 71.1 Å². The minimum atomic E-state index is -0.287. The number of H-pyrrole nitrogens is 1. The van der Waals surface area contributed by atoms with E-state index in [0.29, 0.717) is 6.54 Å². The number of imidazole rings is 1. The molecule has 1 N–H and O–H groups in total. The van der Waals surface area contributed by atoms with E-state index in [1.54, 1.807) is 4.90 Å². The summed E-state index contributed by atoms with van der Waals surface area (Å²) < 4.78 is 5.57. The first-order valence-corrected chi connectivity index (χ1v) is 9.43. The standard InChI is InChI=1S/C21H24N4O2/c1-14-12-15(2)22-20-18(14)23-19(24-20)17-10-6-7-11-25(17)21(26)27-13-16-8-4-3-5-9-16/h3-5,8-9,12,17H,6-7,10-11,13H2,1-2H3,(H,22,23,24)/t17-/m0/s1. The number of ether oxygens (including phenoxy) is 1. The van der Waals surface area contributed by atoms with E-state index in [9.17, 15) is 4.79 Å². The lowest BCUT2D eigenvalue weighted by molar-refractivity contribution is 0.0661. The van der Waals surface area contributed by atoms with Gasteiger partial charge in [-0.3, -0.25) is 4.90 Å². The van der Waals surface area contributed by atoms with E-state index in [1.807, 2.05) is 50.2 Å². The van der Waals surface area contributed by atoms with Gasteiger partial charge in [0.15, 0.2) is 5.65 Å². The highest BCUT2D eigenvalue weighted by Crippen LogP contribution is 2.31. The lowest BCUT2D eigenvalue weighted by atomic mass is 10.0. The molecule has 0 saturated carbocycles. The average molecular weight is 364 g/mol. The average Bonchev–Trinajstić information content (AvgIpc) is 3.11. The van der Waals surface area contributed by atoms with Gasteiger partial charge in [-0.25, -0.2) is 14.8 Å². The van der Waals surface area contributed by atoms with Crippen LogP contribution in [0.3, 0.4) is 0 Å². The molecule has 1 fully saturated rings. The number of aromatic amines is 1. The summed E-state index contributed by atoms with van der Waals surface area (Å²) >= 11 is 0. The second-order valence-corrected chi connectivity index (χ2v) is 7.14. The van der Waals surface area contributed by atoms with Gasteiger partial charge in [-0.1, -0.05) is 30.3 Å². The molecule has 1 aromatic carbocycles. The molecule has 0 spiro atoms. The van der Waals surface area contributed by atoms with Crippen LogP contribution >= 0.6 is 0 Å². The van der Waals surface area contributed by atoms with Gasteiger partial charge in [0, 0.05) is 12.2 Å². The summed E-state index contributed by atoms with van der Waals surface area (Å²) in [7, 11) is 0. The number of likely N-dealkylation sites (tertiary alicyclic amines) is 1. The number of amides is 1. The number of aryl methyl sites for hydroxylation is 2. The van der Waals surface area contributed by atoms with Gasteiger partial charge in [0.1, 0.15) is 17.9 Å². The van der Waals surface area contributed by atoms with Crippen LogP contribution in [-0.2, 0) is 11.3 Å². The summed E-state index contributed by atoms with van der Waals surface area (Å²) in [6.45, 7) is 4.97. The number of fused-ring (bicyclic) bond motifs is 1. The van der Waals surface area contributed by atoms with Crippen LogP contribution in [0.2, 0.25) is 0 Å². The maximum Gasteiger partial charge on any atom is 0.410 e. The first-order valence-electron chi connectivity index (χ1n) is 9.43. The van der Waals surface area contributed by atoms with Crippen molar-refractivity contribution in [1.29, 1.82) is 0 Å². The molecule has 140 valence electrons. The first-order chi connectivity index (χ1) is 13.1. The van der Waals surface area contributed by atoms with Gasteiger partial charge >= 0.3 is 6.09 Å². The zero-order chi connectivity index (χ0) is 18.8. The van der Waals surface area contributed by atoms with Gasteiger partial charge in [0.05, 0.1) is 6.04 Å². The van der Waals surface area contributed by atoms with Crippen molar-refractivity contribution in [3.63, 3.8) is 0 Å². The third-order valence-corrected chi connectivity index (χ3v) is 5.05. The minimum absolute atomic E-state index is 0.101. The number of benzene rings is 1. The van der Waals surface area contributed by atoms with E-state index in [1.165, 1.54) is 0 Å². The van der Waals surface area contributed by atoms with Crippen molar-refractivity contribution >= 4 is 17.3 Å². The smallest absolute Gasteiger partial charge is 0.410 e. The van der Waals surface area contributed by atoms with E-state index in [-0.39, 0.29) is 18.7 Å². The van der Waals surface area contributed by atoms with Gasteiger partial charge in [-0.15, -0.1) is 0 Å². The van der Waals surface area contributed by atoms with E-state index >= 15 is 0 Å². The maximum absolute atomic E-state index is 12.7. The van der Waals surface area contributed by atoms with Crippen molar-refractivity contribution in [3.05, 3.63) is 59.0 Å². The largest absolute Gasteiger partial charge is 0.445 e. The highest BCUT2D eigenvalue weighted by molar-refractivity contribution is 5.75. The van der Waals surface area contributed by atoms with Crippen LogP contribution in [0.25, 0.3) is 11.2 Å². The number of nitrogens with one attached hydrogen (secondary N) is 1. The van der Waals surface area contributed by atoms with Crippen LogP contribution in [0.4, 0.5) is 4.79 Å². The Hall–Kier alpha value is -2.89. The molecule has 1 saturated heterocycles. The second kappa shape index (κ2) is 7.39. The number of piperidine rings is 1. The SMILES string of the molecule is Cc1cc(C)c2nc([C@@H]3CCCCN3C(=O)OCc3ccccc3)[nH]c2n1. The zero-order valence-electron chi connectivity index (χ0n) is 15.7. The Morgan fingerprint density at radius 2 is 2.04 bits per heavy atom. The predicted molar refractivity (Wildman–Crippen MR) is 103 cm³/mol. The van der Waals surface area contributed by atoms with Crippen LogP contribution in [-0.4, -0.2) is 32.5 Å². The number of aromatic nitrogens is 3. The van der Waals surface area contributed by atoms with Gasteiger partial charge in [-0.05, 0) is 50.3 Å². The number of carbonyl (C=O) groups excluding carboxylic acids is 1. The van der Waals surface area contributed by atoms with E-state index < -0.39 is 0 Å². The van der Waals surface area contributed by atoms with Crippen LogP contribution in [0.1, 0.15) is 47.9 Å². The van der Waals surface area contributed by atoms with Gasteiger partial charge in [0.2, 0.25) is 0 Å². The summed E-state index contributed by atoms with van der Waals surface area (Å²) in [6.07, 6.45) is 2.63. The third-order valence-electron chi connectivity index (χ3n) is 5.05. The van der Waals surface area contributed by atoms with Crippen molar-refractivity contribution in [2.45, 2.75) is 45.8 Å². The highest BCUT2D eigenvalue weighted by Gasteiger charge is 2.31. The van der Waals surface area contributed by atoms with Crippen molar-refractivity contribution in [2.24, 2.45) is 0 Å². The normalized spacial score (nSPS) is 17.3. The molecule has 2 aromatic heterocycles. The molecule has 0 unspecified atom stereocenters. The lowest BCUT2D eigenvalue weighted by Crippen LogP contribution is -2.39. The monoisotopic (exact) mass is 364 g/mol. The van der Waals surface area contributed by atoms with Crippen LogP contribution in [0.15, 0.2) is 36.4 Å². The molecule has 27 heavy (non-hydrogen) atoms. The minimum Gasteiger partial charge on any atom is -0.445 e. The van der Waals surface area contributed by atoms with Gasteiger partial charge < -0.3 is 9.72 Å². The Morgan fingerprint density at radius 1 is 1.22 bits per heavy atom. The fraction of sp³-hybridized carbons (Fsp3) is 0.381. The molecule has 6 heteroatoms. The second-order valence-electron chi connectivity index (χ2n) is 7.14. The van der Waals surface area contributed by atoms with E-state index in [4.69, 9.17) is 9.72 Å². The molecule has 6 nitrogen and oxygen atoms in total. The zero-order valence-corrected chi connectivity index (χ0v) is 15.7. The molecular formula is C21H24N4O2. The van der Waals surface area contributed by atoms with Crippen molar-refractivity contribution in [3.8, 4) is 0 Å². The van der Waals surface area contributed by atoms with Gasteiger partial charge in [-0.2, -0.15) is 0 Å². The van der Waals surface area contributed by atoms with Crippen molar-refractivity contribution in [2.75, 3.05) is 6.54 Å². The molecule has 1 aliphatic rings. The summed E-state index contributed by atoms with van der Waals surface area (Å²) in [5.74, 6) is 0.794. The number of nitrogens with zero attached hydrogens (tertiary/aromatic N) is 3. The summed E-state index contributed by atoms with van der Waals surface area (Å²) in [4.78, 5) is 27.2. The Bertz CT molecular complexity index is 951. The highest BCUT2D eigenvalue weighted by atomic mass is 16.6. The quantitative estimate of drug-likeness (QED) is 0.746. The van der Waals surface area contributed by atoms with Crippen molar-refractivity contribution in [1.82, 2.24) is 19.9 Å². The fourth-order valence-corrected chi connectivity index (χ4v) is 3.72. The first kappa shape index (κ1) is 17.5. The van der Waals surface area contributed by atoms with Gasteiger partial charge in [0.25, 0.3) is 0 Å². The molecule has 1 amide bonds. The maximum atomic E-state index is 12.7.